The average molecular weight is 412 g/mol. The van der Waals surface area contributed by atoms with Crippen molar-refractivity contribution in [1.82, 2.24) is 14.6 Å². The molecule has 6 nitrogen and oxygen atoms in total. The fourth-order valence-corrected chi connectivity index (χ4v) is 4.54. The first-order valence-corrected chi connectivity index (χ1v) is 10.4. The summed E-state index contributed by atoms with van der Waals surface area (Å²) in [6.45, 7) is 9.03. The maximum absolute atomic E-state index is 6.18. The minimum Gasteiger partial charge on any atom is -0.336 e. The number of nitrogens with one attached hydrogen (secondary N) is 1. The molecule has 3 aromatic rings. The number of pyridine rings is 1. The summed E-state index contributed by atoms with van der Waals surface area (Å²) in [5, 5.41) is 0.654. The van der Waals surface area contributed by atoms with Crippen molar-refractivity contribution in [2.45, 2.75) is 45.1 Å². The van der Waals surface area contributed by atoms with Crippen LogP contribution in [0.15, 0.2) is 48.9 Å². The van der Waals surface area contributed by atoms with Gasteiger partial charge in [0, 0.05) is 22.3 Å². The van der Waals surface area contributed by atoms with Crippen LogP contribution >= 0.6 is 11.6 Å². The molecule has 1 fully saturated rings. The van der Waals surface area contributed by atoms with Gasteiger partial charge in [0.1, 0.15) is 0 Å². The highest BCUT2D eigenvalue weighted by molar-refractivity contribution is 6.31. The number of fused-ring (bicyclic) bond motifs is 3. The fourth-order valence-electron chi connectivity index (χ4n) is 4.37. The Kier molecular flexibility index (Phi) is 5.23. The first-order chi connectivity index (χ1) is 14.1. The highest BCUT2D eigenvalue weighted by Crippen LogP contribution is 2.57. The molecule has 5 rings (SSSR count). The first kappa shape index (κ1) is 19.7. The molecule has 0 bridgehead atoms. The van der Waals surface area contributed by atoms with E-state index in [-0.39, 0.29) is 5.41 Å². The third kappa shape index (κ3) is 2.98. The molecule has 7 heteroatoms. The Balaban J connectivity index is 0.000000994. The van der Waals surface area contributed by atoms with Gasteiger partial charge in [0.25, 0.3) is 0 Å². The highest BCUT2D eigenvalue weighted by atomic mass is 35.5. The monoisotopic (exact) mass is 411 g/mol. The van der Waals surface area contributed by atoms with E-state index in [9.17, 15) is 0 Å². The SMILES string of the molecule is C=C1N(Cc2nc3ccc(Cl)cc3n2NOC)c2cnccc2C12CCC2.CC. The molecule has 3 heterocycles. The number of aromatic nitrogens is 3. The lowest BCUT2D eigenvalue weighted by atomic mass is 9.64. The largest absolute Gasteiger partial charge is 0.336 e. The van der Waals surface area contributed by atoms with Gasteiger partial charge in [-0.2, -0.15) is 0 Å². The second-order valence-corrected chi connectivity index (χ2v) is 7.59. The van der Waals surface area contributed by atoms with Gasteiger partial charge in [0.2, 0.25) is 0 Å². The van der Waals surface area contributed by atoms with Crippen LogP contribution in [0.25, 0.3) is 11.0 Å². The van der Waals surface area contributed by atoms with Crippen LogP contribution < -0.4 is 10.5 Å². The van der Waals surface area contributed by atoms with Crippen molar-refractivity contribution >= 4 is 28.3 Å². The minimum absolute atomic E-state index is 0.0626. The first-order valence-electron chi connectivity index (χ1n) is 10.0. The van der Waals surface area contributed by atoms with E-state index in [0.29, 0.717) is 11.6 Å². The van der Waals surface area contributed by atoms with Crippen LogP contribution in [0.3, 0.4) is 0 Å². The lowest BCUT2D eigenvalue weighted by Crippen LogP contribution is -2.37. The Morgan fingerprint density at radius 3 is 2.76 bits per heavy atom. The Morgan fingerprint density at radius 2 is 2.07 bits per heavy atom. The lowest BCUT2D eigenvalue weighted by molar-refractivity contribution is 0.220. The number of hydrogen-bond donors (Lipinski definition) is 1. The fraction of sp³-hybridized carbons (Fsp3) is 0.364. The van der Waals surface area contributed by atoms with Crippen LogP contribution in [0.4, 0.5) is 5.69 Å². The third-order valence-electron chi connectivity index (χ3n) is 5.86. The van der Waals surface area contributed by atoms with Crippen LogP contribution in [-0.2, 0) is 16.8 Å². The number of halogens is 1. The van der Waals surface area contributed by atoms with E-state index in [1.54, 1.807) is 7.11 Å². The number of anilines is 1. The standard InChI is InChI=1S/C20H20ClN5O.C2H6/c1-13-20(7-3-8-20)15-6-9-22-11-18(15)25(13)12-19-23-16-5-4-14(21)10-17(16)26(19)24-27-2;1-2/h4-6,9-11,24H,1,3,7-8,12H2,2H3;1-2H3. The number of benzene rings is 1. The summed E-state index contributed by atoms with van der Waals surface area (Å²) in [6.07, 6.45) is 7.32. The molecule has 1 aromatic carbocycles. The van der Waals surface area contributed by atoms with Gasteiger partial charge in [-0.05, 0) is 42.7 Å². The number of hydrogen-bond acceptors (Lipinski definition) is 5. The van der Waals surface area contributed by atoms with Gasteiger partial charge in [-0.25, -0.2) is 15.2 Å². The Labute approximate surface area is 176 Å². The second-order valence-electron chi connectivity index (χ2n) is 7.15. The quantitative estimate of drug-likeness (QED) is 0.600. The van der Waals surface area contributed by atoms with Crippen molar-refractivity contribution in [3.05, 3.63) is 65.3 Å². The minimum atomic E-state index is 0.0626. The number of rotatable bonds is 4. The molecule has 1 spiro atoms. The molecule has 0 radical (unpaired) electrons. The number of imidazole rings is 1. The van der Waals surface area contributed by atoms with Gasteiger partial charge < -0.3 is 4.90 Å². The third-order valence-corrected chi connectivity index (χ3v) is 6.09. The molecule has 2 aromatic heterocycles. The zero-order valence-corrected chi connectivity index (χ0v) is 17.8. The molecule has 1 aliphatic heterocycles. The van der Waals surface area contributed by atoms with Crippen LogP contribution in [0.2, 0.25) is 5.02 Å². The molecule has 29 heavy (non-hydrogen) atoms. The van der Waals surface area contributed by atoms with Crippen molar-refractivity contribution in [2.75, 3.05) is 17.6 Å². The Bertz CT molecular complexity index is 1060. The summed E-state index contributed by atoms with van der Waals surface area (Å²) in [6, 6.07) is 7.77. The topological polar surface area (TPSA) is 55.2 Å². The molecular weight excluding hydrogens is 386 g/mol. The maximum atomic E-state index is 6.18. The predicted octanol–water partition coefficient (Wildman–Crippen LogP) is 5.17. The van der Waals surface area contributed by atoms with Crippen molar-refractivity contribution in [2.24, 2.45) is 0 Å². The van der Waals surface area contributed by atoms with E-state index in [2.05, 4.69) is 28.1 Å². The van der Waals surface area contributed by atoms with Crippen molar-refractivity contribution in [3.8, 4) is 0 Å². The Morgan fingerprint density at radius 1 is 1.28 bits per heavy atom. The summed E-state index contributed by atoms with van der Waals surface area (Å²) in [7, 11) is 1.58. The Hall–Kier alpha value is -2.57. The summed E-state index contributed by atoms with van der Waals surface area (Å²) in [5.74, 6) is 0.821. The molecule has 2 aliphatic rings. The smallest absolute Gasteiger partial charge is 0.150 e. The summed E-state index contributed by atoms with van der Waals surface area (Å²) in [4.78, 5) is 16.6. The second kappa shape index (κ2) is 7.69. The van der Waals surface area contributed by atoms with E-state index >= 15 is 0 Å². The number of allylic oxidation sites excluding steroid dienone is 1. The zero-order valence-electron chi connectivity index (χ0n) is 17.1. The van der Waals surface area contributed by atoms with Crippen LogP contribution in [0.5, 0.6) is 0 Å². The summed E-state index contributed by atoms with van der Waals surface area (Å²) >= 11 is 6.18. The van der Waals surface area contributed by atoms with E-state index in [1.807, 2.05) is 49.1 Å². The number of nitrogens with zero attached hydrogens (tertiary/aromatic N) is 4. The summed E-state index contributed by atoms with van der Waals surface area (Å²) < 4.78 is 1.83. The highest BCUT2D eigenvalue weighted by Gasteiger charge is 2.50. The predicted molar refractivity (Wildman–Crippen MR) is 118 cm³/mol. The normalized spacial score (nSPS) is 16.4. The molecule has 0 atom stereocenters. The molecule has 0 amide bonds. The van der Waals surface area contributed by atoms with Gasteiger partial charge in [-0.1, -0.05) is 38.4 Å². The van der Waals surface area contributed by atoms with E-state index in [1.165, 1.54) is 12.0 Å². The van der Waals surface area contributed by atoms with Crippen molar-refractivity contribution < 1.29 is 4.84 Å². The van der Waals surface area contributed by atoms with Gasteiger partial charge in [-0.3, -0.25) is 9.82 Å². The molecule has 0 unspecified atom stereocenters. The maximum Gasteiger partial charge on any atom is 0.150 e. The van der Waals surface area contributed by atoms with Gasteiger partial charge in [0.05, 0.1) is 36.6 Å². The van der Waals surface area contributed by atoms with Crippen LogP contribution in [0.1, 0.15) is 44.5 Å². The lowest BCUT2D eigenvalue weighted by Gasteiger charge is -2.40. The van der Waals surface area contributed by atoms with Gasteiger partial charge in [0.15, 0.2) is 5.82 Å². The van der Waals surface area contributed by atoms with E-state index in [4.69, 9.17) is 21.4 Å². The molecular formula is C22H26ClN5O. The molecule has 152 valence electrons. The summed E-state index contributed by atoms with van der Waals surface area (Å²) in [5.41, 5.74) is 8.28. The molecule has 1 aliphatic carbocycles. The molecule has 0 saturated heterocycles. The zero-order chi connectivity index (χ0) is 20.6. The molecule has 1 N–H and O–H groups in total. The average Bonchev–Trinajstić information content (AvgIpc) is 3.17. The van der Waals surface area contributed by atoms with E-state index < -0.39 is 0 Å². The van der Waals surface area contributed by atoms with Crippen LogP contribution in [0, 0.1) is 0 Å². The van der Waals surface area contributed by atoms with Crippen molar-refractivity contribution in [3.63, 3.8) is 0 Å². The van der Waals surface area contributed by atoms with Crippen molar-refractivity contribution in [1.29, 1.82) is 0 Å². The molecule has 1 saturated carbocycles. The van der Waals surface area contributed by atoms with Gasteiger partial charge in [-0.15, -0.1) is 0 Å². The van der Waals surface area contributed by atoms with Crippen LogP contribution in [-0.4, -0.2) is 21.8 Å². The van der Waals surface area contributed by atoms with E-state index in [0.717, 1.165) is 41.1 Å². The van der Waals surface area contributed by atoms with Gasteiger partial charge >= 0.3 is 0 Å².